The normalized spacial score (nSPS) is 19.5. The van der Waals surface area contributed by atoms with Crippen LogP contribution in [0.1, 0.15) is 24.8 Å². The van der Waals surface area contributed by atoms with Crippen LogP contribution in [0.3, 0.4) is 0 Å². The second-order valence-electron chi connectivity index (χ2n) is 5.41. The summed E-state index contributed by atoms with van der Waals surface area (Å²) in [5.41, 5.74) is 1.06. The summed E-state index contributed by atoms with van der Waals surface area (Å²) in [6, 6.07) is 13.0. The highest BCUT2D eigenvalue weighted by atomic mass is 35.5. The van der Waals surface area contributed by atoms with Crippen LogP contribution in [0.25, 0.3) is 0 Å². The van der Waals surface area contributed by atoms with E-state index in [0.29, 0.717) is 10.8 Å². The second kappa shape index (κ2) is 5.89. The van der Waals surface area contributed by atoms with E-state index in [-0.39, 0.29) is 30.1 Å². The Kier molecular flexibility index (Phi) is 3.94. The van der Waals surface area contributed by atoms with Gasteiger partial charge in [-0.05, 0) is 23.6 Å². The summed E-state index contributed by atoms with van der Waals surface area (Å²) >= 11 is 5.80. The molecule has 0 aliphatic carbocycles. The molecule has 2 heterocycles. The molecule has 0 bridgehead atoms. The van der Waals surface area contributed by atoms with Crippen LogP contribution in [-0.2, 0) is 9.59 Å². The lowest BCUT2D eigenvalue weighted by molar-refractivity contribution is -0.122. The number of hydrogen-bond acceptors (Lipinski definition) is 3. The molecule has 5 heteroatoms. The molecule has 1 fully saturated rings. The third-order valence-electron chi connectivity index (χ3n) is 4.05. The molecule has 2 aromatic rings. The van der Waals surface area contributed by atoms with Crippen LogP contribution in [-0.4, -0.2) is 16.8 Å². The zero-order valence-electron chi connectivity index (χ0n) is 12.1. The smallest absolute Gasteiger partial charge is 0.239 e. The summed E-state index contributed by atoms with van der Waals surface area (Å²) in [6.45, 7) is 1.98. The highest BCUT2D eigenvalue weighted by Gasteiger charge is 2.43. The Morgan fingerprint density at radius 1 is 1.18 bits per heavy atom. The number of amides is 2. The molecule has 22 heavy (non-hydrogen) atoms. The van der Waals surface area contributed by atoms with E-state index in [1.54, 1.807) is 12.1 Å². The number of carbonyl (C=O) groups excluding carboxylic acids is 2. The van der Waals surface area contributed by atoms with Gasteiger partial charge in [-0.2, -0.15) is 0 Å². The van der Waals surface area contributed by atoms with Gasteiger partial charge in [0, 0.05) is 12.6 Å². The fourth-order valence-corrected chi connectivity index (χ4v) is 2.89. The van der Waals surface area contributed by atoms with Gasteiger partial charge in [-0.3, -0.25) is 9.59 Å². The topological polar surface area (TPSA) is 50.3 Å². The lowest BCUT2D eigenvalue weighted by Gasteiger charge is -2.18. The minimum Gasteiger partial charge on any atom is -0.274 e. The molecule has 0 saturated carbocycles. The number of anilines is 1. The first kappa shape index (κ1) is 14.7. The minimum atomic E-state index is -0.354. The number of nitrogens with zero attached hydrogens (tertiary/aromatic N) is 2. The van der Waals surface area contributed by atoms with Gasteiger partial charge in [-0.25, -0.2) is 9.88 Å². The van der Waals surface area contributed by atoms with E-state index in [1.807, 2.05) is 37.3 Å². The molecule has 2 atom stereocenters. The highest BCUT2D eigenvalue weighted by Crippen LogP contribution is 2.35. The molecule has 0 radical (unpaired) electrons. The number of imide groups is 1. The fraction of sp³-hybridized carbons (Fsp3) is 0.235. The van der Waals surface area contributed by atoms with Gasteiger partial charge in [0.05, 0.1) is 10.9 Å². The average Bonchev–Trinajstić information content (AvgIpc) is 2.83. The van der Waals surface area contributed by atoms with Crippen molar-refractivity contribution in [2.45, 2.75) is 19.3 Å². The quantitative estimate of drug-likeness (QED) is 0.816. The van der Waals surface area contributed by atoms with Crippen LogP contribution < -0.4 is 4.90 Å². The van der Waals surface area contributed by atoms with Gasteiger partial charge < -0.3 is 0 Å². The Morgan fingerprint density at radius 3 is 2.55 bits per heavy atom. The maximum atomic E-state index is 12.6. The molecular weight excluding hydrogens is 300 g/mol. The molecule has 0 spiro atoms. The van der Waals surface area contributed by atoms with E-state index < -0.39 is 0 Å². The Labute approximate surface area is 133 Å². The van der Waals surface area contributed by atoms with Crippen molar-refractivity contribution in [3.8, 4) is 0 Å². The van der Waals surface area contributed by atoms with Crippen molar-refractivity contribution in [3.63, 3.8) is 0 Å². The van der Waals surface area contributed by atoms with Crippen molar-refractivity contribution < 1.29 is 9.59 Å². The molecule has 1 aromatic heterocycles. The predicted molar refractivity (Wildman–Crippen MR) is 84.7 cm³/mol. The van der Waals surface area contributed by atoms with Gasteiger partial charge in [-0.1, -0.05) is 48.9 Å². The largest absolute Gasteiger partial charge is 0.274 e. The SMILES string of the molecule is CC(c1ccccc1)C1CC(=O)N(c2ccc(Cl)cn2)C1=O. The van der Waals surface area contributed by atoms with Crippen LogP contribution in [0.4, 0.5) is 5.82 Å². The Morgan fingerprint density at radius 2 is 1.91 bits per heavy atom. The van der Waals surface area contributed by atoms with Crippen LogP contribution in [0.5, 0.6) is 0 Å². The summed E-state index contributed by atoms with van der Waals surface area (Å²) in [4.78, 5) is 30.1. The van der Waals surface area contributed by atoms with Crippen LogP contribution in [0, 0.1) is 5.92 Å². The van der Waals surface area contributed by atoms with E-state index in [1.165, 1.54) is 11.1 Å². The van der Waals surface area contributed by atoms with Gasteiger partial charge in [0.1, 0.15) is 5.82 Å². The average molecular weight is 315 g/mol. The second-order valence-corrected chi connectivity index (χ2v) is 5.85. The zero-order chi connectivity index (χ0) is 15.7. The first-order valence-electron chi connectivity index (χ1n) is 7.11. The third-order valence-corrected chi connectivity index (χ3v) is 4.27. The van der Waals surface area contributed by atoms with Crippen molar-refractivity contribution in [3.05, 3.63) is 59.2 Å². The van der Waals surface area contributed by atoms with E-state index in [0.717, 1.165) is 5.56 Å². The van der Waals surface area contributed by atoms with Crippen LogP contribution in [0.2, 0.25) is 5.02 Å². The van der Waals surface area contributed by atoms with Gasteiger partial charge in [0.15, 0.2) is 0 Å². The monoisotopic (exact) mass is 314 g/mol. The summed E-state index contributed by atoms with van der Waals surface area (Å²) in [5.74, 6) is -0.451. The molecule has 3 rings (SSSR count). The van der Waals surface area contributed by atoms with Crippen molar-refractivity contribution in [1.29, 1.82) is 0 Å². The van der Waals surface area contributed by atoms with Crippen LogP contribution in [0.15, 0.2) is 48.7 Å². The van der Waals surface area contributed by atoms with Gasteiger partial charge >= 0.3 is 0 Å². The number of aromatic nitrogens is 1. The lowest BCUT2D eigenvalue weighted by Crippen LogP contribution is -2.32. The summed E-state index contributed by atoms with van der Waals surface area (Å²) in [6.07, 6.45) is 1.64. The number of benzene rings is 1. The Hall–Kier alpha value is -2.20. The minimum absolute atomic E-state index is 0.0186. The first-order valence-corrected chi connectivity index (χ1v) is 7.49. The molecule has 2 unspecified atom stereocenters. The molecule has 4 nitrogen and oxygen atoms in total. The first-order chi connectivity index (χ1) is 10.6. The fourth-order valence-electron chi connectivity index (χ4n) is 2.78. The number of halogens is 1. The van der Waals surface area contributed by atoms with Crippen molar-refractivity contribution in [2.75, 3.05) is 4.90 Å². The van der Waals surface area contributed by atoms with Crippen molar-refractivity contribution in [2.24, 2.45) is 5.92 Å². The number of rotatable bonds is 3. The van der Waals surface area contributed by atoms with E-state index in [9.17, 15) is 9.59 Å². The van der Waals surface area contributed by atoms with Gasteiger partial charge in [0.25, 0.3) is 0 Å². The molecule has 0 N–H and O–H groups in total. The van der Waals surface area contributed by atoms with E-state index in [4.69, 9.17) is 11.6 Å². The predicted octanol–water partition coefficient (Wildman–Crippen LogP) is 3.42. The lowest BCUT2D eigenvalue weighted by atomic mass is 9.86. The Bertz CT molecular complexity index is 700. The molecule has 1 saturated heterocycles. The maximum Gasteiger partial charge on any atom is 0.239 e. The summed E-state index contributed by atoms with van der Waals surface area (Å²) < 4.78 is 0. The summed E-state index contributed by atoms with van der Waals surface area (Å²) in [7, 11) is 0. The number of pyridine rings is 1. The third kappa shape index (κ3) is 2.62. The van der Waals surface area contributed by atoms with Crippen molar-refractivity contribution >= 4 is 29.2 Å². The highest BCUT2D eigenvalue weighted by molar-refractivity contribution is 6.30. The van der Waals surface area contributed by atoms with E-state index >= 15 is 0 Å². The molecular formula is C17H15ClN2O2. The molecule has 1 aromatic carbocycles. The van der Waals surface area contributed by atoms with Gasteiger partial charge in [0.2, 0.25) is 11.8 Å². The molecule has 1 aliphatic heterocycles. The Balaban J connectivity index is 1.87. The molecule has 2 amide bonds. The van der Waals surface area contributed by atoms with E-state index in [2.05, 4.69) is 4.98 Å². The van der Waals surface area contributed by atoms with Crippen molar-refractivity contribution in [1.82, 2.24) is 4.98 Å². The molecule has 112 valence electrons. The number of carbonyl (C=O) groups is 2. The molecule has 1 aliphatic rings. The van der Waals surface area contributed by atoms with Gasteiger partial charge in [-0.15, -0.1) is 0 Å². The number of hydrogen-bond donors (Lipinski definition) is 0. The standard InChI is InChI=1S/C17H15ClN2O2/c1-11(12-5-3-2-4-6-12)14-9-16(21)20(17(14)22)15-8-7-13(18)10-19-15/h2-8,10-11,14H,9H2,1H3. The maximum absolute atomic E-state index is 12.6. The summed E-state index contributed by atoms with van der Waals surface area (Å²) in [5, 5.41) is 0.469. The van der Waals surface area contributed by atoms with Crippen LogP contribution >= 0.6 is 11.6 Å². The zero-order valence-corrected chi connectivity index (χ0v) is 12.8.